The summed E-state index contributed by atoms with van der Waals surface area (Å²) in [6.45, 7) is 20.1. The Morgan fingerprint density at radius 3 is 1.80 bits per heavy atom. The summed E-state index contributed by atoms with van der Waals surface area (Å²) in [4.78, 5) is 0. The average Bonchev–Trinajstić information content (AvgIpc) is 2.34. The molecule has 0 atom stereocenters. The molecule has 0 heterocycles. The maximum Gasteiger partial charge on any atom is 0.121 e. The largest absolute Gasteiger partial charge is 0.493 e. The summed E-state index contributed by atoms with van der Waals surface area (Å²) in [5, 5.41) is 0. The molecular formula is C14H28O. The van der Waals surface area contributed by atoms with Gasteiger partial charge < -0.3 is 4.74 Å². The van der Waals surface area contributed by atoms with Crippen LogP contribution in [0.2, 0.25) is 0 Å². The number of hydrogen-bond acceptors (Lipinski definition) is 1. The van der Waals surface area contributed by atoms with Crippen molar-refractivity contribution < 1.29 is 4.74 Å². The molecule has 0 aliphatic rings. The summed E-state index contributed by atoms with van der Waals surface area (Å²) < 4.78 is 5.38. The Morgan fingerprint density at radius 2 is 1.53 bits per heavy atom. The molecule has 1 nitrogen and oxygen atoms in total. The van der Waals surface area contributed by atoms with E-state index >= 15 is 0 Å². The van der Waals surface area contributed by atoms with Gasteiger partial charge in [-0.05, 0) is 25.0 Å². The first-order chi connectivity index (χ1) is 7.26. The lowest BCUT2D eigenvalue weighted by Gasteiger charge is -2.06. The number of allylic oxidation sites excluding steroid dienone is 3. The van der Waals surface area contributed by atoms with Gasteiger partial charge >= 0.3 is 0 Å². The van der Waals surface area contributed by atoms with Crippen LogP contribution in [-0.2, 0) is 4.74 Å². The third kappa shape index (κ3) is 13.0. The third-order valence-electron chi connectivity index (χ3n) is 1.34. The molecule has 0 amide bonds. The normalized spacial score (nSPS) is 9.47. The zero-order valence-corrected chi connectivity index (χ0v) is 11.4. The second-order valence-corrected chi connectivity index (χ2v) is 2.30. The molecule has 0 spiro atoms. The Bertz CT molecular complexity index is 166. The first-order valence-electron chi connectivity index (χ1n) is 5.84. The van der Waals surface area contributed by atoms with E-state index in [2.05, 4.69) is 20.1 Å². The molecule has 15 heavy (non-hydrogen) atoms. The highest BCUT2D eigenvalue weighted by Crippen LogP contribution is 2.07. The Hall–Kier alpha value is -0.980. The minimum Gasteiger partial charge on any atom is -0.493 e. The lowest BCUT2D eigenvalue weighted by atomic mass is 10.2. The van der Waals surface area contributed by atoms with Crippen molar-refractivity contribution in [3.8, 4) is 0 Å². The Morgan fingerprint density at radius 1 is 1.07 bits per heavy atom. The smallest absolute Gasteiger partial charge is 0.121 e. The molecule has 0 rings (SSSR count). The number of hydrogen-bond donors (Lipinski definition) is 0. The van der Waals surface area contributed by atoms with Gasteiger partial charge in [0.15, 0.2) is 0 Å². The predicted molar refractivity (Wildman–Crippen MR) is 72.0 cm³/mol. The summed E-state index contributed by atoms with van der Waals surface area (Å²) in [6.07, 6.45) is 4.50. The summed E-state index contributed by atoms with van der Waals surface area (Å²) in [5.74, 6) is 0.835. The van der Waals surface area contributed by atoms with Crippen molar-refractivity contribution in [3.63, 3.8) is 0 Å². The van der Waals surface area contributed by atoms with Crippen LogP contribution in [0.3, 0.4) is 0 Å². The van der Waals surface area contributed by atoms with Gasteiger partial charge in [0.2, 0.25) is 0 Å². The molecule has 0 aliphatic carbocycles. The van der Waals surface area contributed by atoms with Gasteiger partial charge in [-0.1, -0.05) is 53.9 Å². The van der Waals surface area contributed by atoms with Crippen molar-refractivity contribution in [1.82, 2.24) is 0 Å². The van der Waals surface area contributed by atoms with E-state index in [1.54, 1.807) is 12.2 Å². The molecule has 0 aromatic rings. The minimum atomic E-state index is 0.743. The van der Waals surface area contributed by atoms with E-state index in [0.717, 1.165) is 24.4 Å². The zero-order valence-electron chi connectivity index (χ0n) is 11.4. The van der Waals surface area contributed by atoms with Gasteiger partial charge in [-0.2, -0.15) is 0 Å². The Labute approximate surface area is 96.5 Å². The second-order valence-electron chi connectivity index (χ2n) is 2.30. The summed E-state index contributed by atoms with van der Waals surface area (Å²) in [6, 6.07) is 0. The van der Waals surface area contributed by atoms with Gasteiger partial charge in [0.05, 0.1) is 6.61 Å². The lowest BCUT2D eigenvalue weighted by Crippen LogP contribution is -1.92. The maximum absolute atomic E-state index is 5.38. The molecule has 0 unspecified atom stereocenters. The summed E-state index contributed by atoms with van der Waals surface area (Å²) in [5.41, 5.74) is 1.04. The van der Waals surface area contributed by atoms with Crippen LogP contribution in [0.5, 0.6) is 0 Å². The van der Waals surface area contributed by atoms with Crippen LogP contribution in [0.25, 0.3) is 0 Å². The van der Waals surface area contributed by atoms with E-state index in [1.807, 2.05) is 34.6 Å². The highest BCUT2D eigenvalue weighted by molar-refractivity contribution is 5.24. The van der Waals surface area contributed by atoms with E-state index in [4.69, 9.17) is 4.74 Å². The van der Waals surface area contributed by atoms with Crippen molar-refractivity contribution in [3.05, 3.63) is 36.6 Å². The van der Waals surface area contributed by atoms with E-state index in [9.17, 15) is 0 Å². The molecule has 0 saturated carbocycles. The van der Waals surface area contributed by atoms with Crippen molar-refractivity contribution >= 4 is 0 Å². The predicted octanol–water partition coefficient (Wildman–Crippen LogP) is 5.11. The molecule has 0 radical (unpaired) electrons. The third-order valence-corrected chi connectivity index (χ3v) is 1.34. The van der Waals surface area contributed by atoms with E-state index in [-0.39, 0.29) is 0 Å². The van der Waals surface area contributed by atoms with Gasteiger partial charge in [0.1, 0.15) is 5.76 Å². The second kappa shape index (κ2) is 18.7. The van der Waals surface area contributed by atoms with E-state index in [1.165, 1.54) is 0 Å². The van der Waals surface area contributed by atoms with E-state index < -0.39 is 0 Å². The first kappa shape index (κ1) is 19.6. The standard InChI is InChI=1S/C10H16O.2C2H6/c1-5-8-11-10(7-3)9(4)6-2;2*1-2/h6-7H,2-3,5,8H2,1,4H3;2*1-2H3/b10-9+;;. The Balaban J connectivity index is -0.000000318. The molecule has 0 bridgehead atoms. The maximum atomic E-state index is 5.38. The highest BCUT2D eigenvalue weighted by atomic mass is 16.5. The first-order valence-corrected chi connectivity index (χ1v) is 5.84. The molecule has 0 aromatic carbocycles. The SMILES string of the molecule is C=C/C(C)=C(\C=C)OCCC.CC.CC. The van der Waals surface area contributed by atoms with Crippen molar-refractivity contribution in [2.75, 3.05) is 6.61 Å². The van der Waals surface area contributed by atoms with Crippen molar-refractivity contribution in [2.45, 2.75) is 48.0 Å². The van der Waals surface area contributed by atoms with Crippen LogP contribution in [0, 0.1) is 0 Å². The molecule has 0 aliphatic heterocycles. The van der Waals surface area contributed by atoms with Gasteiger partial charge in [-0.3, -0.25) is 0 Å². The number of ether oxygens (including phenoxy) is 1. The average molecular weight is 212 g/mol. The highest BCUT2D eigenvalue weighted by Gasteiger charge is 1.94. The van der Waals surface area contributed by atoms with Crippen molar-refractivity contribution in [2.24, 2.45) is 0 Å². The summed E-state index contributed by atoms with van der Waals surface area (Å²) in [7, 11) is 0. The topological polar surface area (TPSA) is 9.23 Å². The Kier molecular flexibility index (Phi) is 24.4. The number of rotatable bonds is 5. The van der Waals surface area contributed by atoms with Crippen LogP contribution >= 0.6 is 0 Å². The fourth-order valence-electron chi connectivity index (χ4n) is 0.646. The van der Waals surface area contributed by atoms with Crippen LogP contribution in [0.4, 0.5) is 0 Å². The van der Waals surface area contributed by atoms with Crippen LogP contribution in [0.1, 0.15) is 48.0 Å². The van der Waals surface area contributed by atoms with E-state index in [0.29, 0.717) is 0 Å². The van der Waals surface area contributed by atoms with Gasteiger partial charge in [-0.15, -0.1) is 0 Å². The molecule has 0 fully saturated rings. The van der Waals surface area contributed by atoms with Crippen molar-refractivity contribution in [1.29, 1.82) is 0 Å². The van der Waals surface area contributed by atoms with Crippen LogP contribution in [-0.4, -0.2) is 6.61 Å². The molecular weight excluding hydrogens is 184 g/mol. The fourth-order valence-corrected chi connectivity index (χ4v) is 0.646. The molecule has 90 valence electrons. The monoisotopic (exact) mass is 212 g/mol. The lowest BCUT2D eigenvalue weighted by molar-refractivity contribution is 0.222. The molecule has 0 saturated heterocycles. The minimum absolute atomic E-state index is 0.743. The van der Waals surface area contributed by atoms with Gasteiger partial charge in [0.25, 0.3) is 0 Å². The van der Waals surface area contributed by atoms with Gasteiger partial charge in [-0.25, -0.2) is 0 Å². The fraction of sp³-hybridized carbons (Fsp3) is 0.571. The van der Waals surface area contributed by atoms with Gasteiger partial charge in [0, 0.05) is 0 Å². The van der Waals surface area contributed by atoms with Crippen LogP contribution in [0.15, 0.2) is 36.6 Å². The zero-order chi connectivity index (χ0) is 12.7. The quantitative estimate of drug-likeness (QED) is 0.454. The van der Waals surface area contributed by atoms with Crippen LogP contribution < -0.4 is 0 Å². The molecule has 0 N–H and O–H groups in total. The molecule has 1 heteroatoms. The molecule has 0 aromatic heterocycles. The summed E-state index contributed by atoms with van der Waals surface area (Å²) >= 11 is 0.